The number of nitrogens with zero attached hydrogens (tertiary/aromatic N) is 1. The van der Waals surface area contributed by atoms with Crippen LogP contribution >= 0.6 is 11.8 Å². The van der Waals surface area contributed by atoms with E-state index in [1.165, 1.54) is 46.8 Å². The van der Waals surface area contributed by atoms with Crippen LogP contribution in [-0.2, 0) is 27.4 Å². The van der Waals surface area contributed by atoms with Gasteiger partial charge in [-0.1, -0.05) is 18.7 Å². The highest BCUT2D eigenvalue weighted by Gasteiger charge is 2.45. The van der Waals surface area contributed by atoms with E-state index in [-0.39, 0.29) is 39.5 Å². The highest BCUT2D eigenvalue weighted by molar-refractivity contribution is 8.00. The molecule has 37 heavy (non-hydrogen) atoms. The first kappa shape index (κ1) is 27.2. The van der Waals surface area contributed by atoms with Gasteiger partial charge in [0, 0.05) is 30.4 Å². The minimum absolute atomic E-state index is 0.0533. The maximum Gasteiger partial charge on any atom is 0.416 e. The first-order chi connectivity index (χ1) is 17.5. The van der Waals surface area contributed by atoms with Gasteiger partial charge >= 0.3 is 6.18 Å². The second kappa shape index (κ2) is 10.9. The molecular formula is C25H26F3N3O4S2. The Morgan fingerprint density at radius 1 is 1.08 bits per heavy atom. The van der Waals surface area contributed by atoms with Crippen LogP contribution in [0.4, 0.5) is 13.2 Å². The molecule has 0 saturated carbocycles. The minimum Gasteiger partial charge on any atom is -0.352 e. The van der Waals surface area contributed by atoms with E-state index in [0.29, 0.717) is 31.5 Å². The second-order valence-corrected chi connectivity index (χ2v) is 12.3. The number of nitrogens with one attached hydrogen (secondary N) is 2. The van der Waals surface area contributed by atoms with Gasteiger partial charge in [-0.15, -0.1) is 11.8 Å². The Morgan fingerprint density at radius 3 is 2.35 bits per heavy atom. The van der Waals surface area contributed by atoms with Crippen LogP contribution in [0.25, 0.3) is 0 Å². The summed E-state index contributed by atoms with van der Waals surface area (Å²) in [5.74, 6) is -0.508. The number of amides is 2. The molecule has 2 fully saturated rings. The first-order valence-electron chi connectivity index (χ1n) is 11.6. The van der Waals surface area contributed by atoms with Crippen molar-refractivity contribution in [3.05, 3.63) is 77.9 Å². The quantitative estimate of drug-likeness (QED) is 0.489. The lowest BCUT2D eigenvalue weighted by molar-refractivity contribution is -0.137. The summed E-state index contributed by atoms with van der Waals surface area (Å²) in [6.07, 6.45) is -2.14. The Bertz CT molecular complexity index is 1250. The van der Waals surface area contributed by atoms with E-state index in [4.69, 9.17) is 0 Å². The van der Waals surface area contributed by atoms with Crippen LogP contribution in [0.3, 0.4) is 0 Å². The van der Waals surface area contributed by atoms with Crippen LogP contribution in [0.5, 0.6) is 0 Å². The summed E-state index contributed by atoms with van der Waals surface area (Å²) in [6, 6.07) is 10.4. The van der Waals surface area contributed by atoms with Gasteiger partial charge in [-0.3, -0.25) is 9.59 Å². The Labute approximate surface area is 217 Å². The number of alkyl halides is 3. The fraction of sp³-hybridized carbons (Fsp3) is 0.360. The van der Waals surface area contributed by atoms with Gasteiger partial charge < -0.3 is 10.6 Å². The molecular weight excluding hydrogens is 527 g/mol. The molecule has 7 nitrogen and oxygen atoms in total. The molecule has 3 unspecified atom stereocenters. The van der Waals surface area contributed by atoms with Crippen molar-refractivity contribution in [2.45, 2.75) is 34.5 Å². The van der Waals surface area contributed by atoms with Gasteiger partial charge in [0.25, 0.3) is 5.91 Å². The molecule has 3 atom stereocenters. The summed E-state index contributed by atoms with van der Waals surface area (Å²) in [5.41, 5.74) is 0.200. The molecule has 2 N–H and O–H groups in total. The third kappa shape index (κ3) is 6.36. The molecule has 198 valence electrons. The number of thioether (sulfide) groups is 1. The fourth-order valence-corrected chi connectivity index (χ4v) is 7.71. The normalized spacial score (nSPS) is 21.9. The largest absolute Gasteiger partial charge is 0.416 e. The Hall–Kier alpha value is -2.83. The molecule has 2 aromatic rings. The predicted molar refractivity (Wildman–Crippen MR) is 134 cm³/mol. The van der Waals surface area contributed by atoms with E-state index in [0.717, 1.165) is 12.1 Å². The molecule has 2 aromatic carbocycles. The van der Waals surface area contributed by atoms with E-state index in [9.17, 15) is 31.2 Å². The number of hydrogen-bond acceptors (Lipinski definition) is 5. The zero-order valence-electron chi connectivity index (χ0n) is 19.7. The molecule has 0 bridgehead atoms. The van der Waals surface area contributed by atoms with Gasteiger partial charge in [-0.25, -0.2) is 8.42 Å². The molecule has 2 aliphatic rings. The number of rotatable bonds is 8. The molecule has 0 aromatic heterocycles. The van der Waals surface area contributed by atoms with Crippen molar-refractivity contribution in [1.29, 1.82) is 0 Å². The zero-order chi connectivity index (χ0) is 26.8. The summed E-state index contributed by atoms with van der Waals surface area (Å²) >= 11 is 1.57. The number of benzene rings is 2. The second-order valence-electron chi connectivity index (χ2n) is 8.92. The van der Waals surface area contributed by atoms with Crippen molar-refractivity contribution in [3.8, 4) is 0 Å². The van der Waals surface area contributed by atoms with Crippen molar-refractivity contribution in [2.75, 3.05) is 19.6 Å². The monoisotopic (exact) mass is 553 g/mol. The van der Waals surface area contributed by atoms with Gasteiger partial charge in [0.2, 0.25) is 15.9 Å². The van der Waals surface area contributed by atoms with Gasteiger partial charge in [0.05, 0.1) is 15.8 Å². The van der Waals surface area contributed by atoms with Crippen LogP contribution in [0, 0.1) is 5.92 Å². The van der Waals surface area contributed by atoms with Crippen LogP contribution in [0.1, 0.15) is 27.9 Å². The maximum absolute atomic E-state index is 13.1. The lowest BCUT2D eigenvalue weighted by Crippen LogP contribution is -2.33. The molecule has 2 aliphatic heterocycles. The molecule has 2 heterocycles. The molecule has 0 aliphatic carbocycles. The topological polar surface area (TPSA) is 95.6 Å². The SMILES string of the molecule is C=CC(=O)NC1CC2CN(S(=O)(=O)c3ccc(C(=O)NCCc4ccc(C(F)(F)F)cc4)cc3)CC2S1. The molecule has 0 spiro atoms. The van der Waals surface area contributed by atoms with Gasteiger partial charge in [-0.05, 0) is 66.8 Å². The number of carbonyl (C=O) groups excluding carboxylic acids is 2. The van der Waals surface area contributed by atoms with Crippen LogP contribution < -0.4 is 10.6 Å². The first-order valence-corrected chi connectivity index (χ1v) is 14.0. The average Bonchev–Trinajstić information content (AvgIpc) is 3.43. The number of fused-ring (bicyclic) bond motifs is 1. The molecule has 2 saturated heterocycles. The highest BCUT2D eigenvalue weighted by Crippen LogP contribution is 2.43. The van der Waals surface area contributed by atoms with Gasteiger partial charge in [0.1, 0.15) is 0 Å². The van der Waals surface area contributed by atoms with Crippen LogP contribution in [0.2, 0.25) is 0 Å². The lowest BCUT2D eigenvalue weighted by atomic mass is 10.1. The number of sulfonamides is 1. The summed E-state index contributed by atoms with van der Waals surface area (Å²) in [4.78, 5) is 24.1. The summed E-state index contributed by atoms with van der Waals surface area (Å²) < 4.78 is 65.7. The zero-order valence-corrected chi connectivity index (χ0v) is 21.3. The van der Waals surface area contributed by atoms with Crippen LogP contribution in [0.15, 0.2) is 66.1 Å². The van der Waals surface area contributed by atoms with Crippen molar-refractivity contribution in [1.82, 2.24) is 14.9 Å². The standard InChI is InChI=1S/C25H26F3N3O4S2/c1-2-22(32)30-23-13-18-14-31(15-21(18)36-23)37(34,35)20-9-5-17(6-10-20)24(33)29-12-11-16-3-7-19(8-4-16)25(26,27)28/h2-10,18,21,23H,1,11-15H2,(H,29,33)(H,30,32). The Balaban J connectivity index is 1.28. The number of hydrogen-bond donors (Lipinski definition) is 2. The van der Waals surface area contributed by atoms with Crippen LogP contribution in [-0.4, -0.2) is 54.8 Å². The highest BCUT2D eigenvalue weighted by atomic mass is 32.2. The summed E-state index contributed by atoms with van der Waals surface area (Å²) in [6.45, 7) is 4.38. The molecule has 2 amide bonds. The number of halogens is 3. The van der Waals surface area contributed by atoms with E-state index in [1.54, 1.807) is 11.8 Å². The number of carbonyl (C=O) groups is 2. The predicted octanol–water partition coefficient (Wildman–Crippen LogP) is 3.43. The lowest BCUT2D eigenvalue weighted by Gasteiger charge is -2.19. The molecule has 0 radical (unpaired) electrons. The van der Waals surface area contributed by atoms with Gasteiger partial charge in [-0.2, -0.15) is 17.5 Å². The summed E-state index contributed by atoms with van der Waals surface area (Å²) in [7, 11) is -3.73. The Kier molecular flexibility index (Phi) is 8.00. The van der Waals surface area contributed by atoms with E-state index in [1.807, 2.05) is 0 Å². The van der Waals surface area contributed by atoms with E-state index >= 15 is 0 Å². The Morgan fingerprint density at radius 2 is 1.76 bits per heavy atom. The van der Waals surface area contributed by atoms with E-state index in [2.05, 4.69) is 17.2 Å². The minimum atomic E-state index is -4.40. The maximum atomic E-state index is 13.1. The molecule has 12 heteroatoms. The van der Waals surface area contributed by atoms with Crippen molar-refractivity contribution in [3.63, 3.8) is 0 Å². The van der Waals surface area contributed by atoms with Crippen molar-refractivity contribution < 1.29 is 31.2 Å². The fourth-order valence-electron chi connectivity index (χ4n) is 4.44. The van der Waals surface area contributed by atoms with Crippen molar-refractivity contribution in [2.24, 2.45) is 5.92 Å². The summed E-state index contributed by atoms with van der Waals surface area (Å²) in [5, 5.41) is 5.59. The molecule has 4 rings (SSSR count). The third-order valence-corrected chi connectivity index (χ3v) is 9.80. The van der Waals surface area contributed by atoms with Crippen molar-refractivity contribution >= 4 is 33.6 Å². The third-order valence-electron chi connectivity index (χ3n) is 6.43. The smallest absolute Gasteiger partial charge is 0.352 e. The average molecular weight is 554 g/mol. The van der Waals surface area contributed by atoms with E-state index < -0.39 is 27.7 Å². The van der Waals surface area contributed by atoms with Gasteiger partial charge in [0.15, 0.2) is 0 Å².